The molecule has 0 fully saturated rings. The first-order chi connectivity index (χ1) is 16.1. The number of carbonyl (C=O) groups excluding carboxylic acids is 2. The fourth-order valence-electron chi connectivity index (χ4n) is 3.92. The molecule has 0 unspecified atom stereocenters. The number of phenolic OH excluding ortho intramolecular Hbond substituents is 1. The van der Waals surface area contributed by atoms with E-state index >= 15 is 0 Å². The minimum absolute atomic E-state index is 0.119. The van der Waals surface area contributed by atoms with Crippen molar-refractivity contribution in [1.82, 2.24) is 5.48 Å². The molecular formula is C27H45NO5. The van der Waals surface area contributed by atoms with E-state index in [1.807, 2.05) is 5.48 Å². The zero-order chi connectivity index (χ0) is 24.2. The van der Waals surface area contributed by atoms with Crippen molar-refractivity contribution in [3.05, 3.63) is 29.8 Å². The third kappa shape index (κ3) is 15.5. The van der Waals surface area contributed by atoms with Gasteiger partial charge in [0.15, 0.2) is 0 Å². The van der Waals surface area contributed by atoms with Gasteiger partial charge in [-0.1, -0.05) is 109 Å². The molecule has 1 aromatic carbocycles. The molecule has 1 rings (SSSR count). The van der Waals surface area contributed by atoms with Crippen LogP contribution in [0.5, 0.6) is 5.75 Å². The number of hydroxylamine groups is 1. The maximum atomic E-state index is 12.1. The first-order valence-corrected chi connectivity index (χ1v) is 13.0. The normalized spacial score (nSPS) is 11.9. The van der Waals surface area contributed by atoms with Gasteiger partial charge in [-0.15, -0.1) is 0 Å². The molecular weight excluding hydrogens is 418 g/mol. The zero-order valence-corrected chi connectivity index (χ0v) is 20.5. The van der Waals surface area contributed by atoms with Gasteiger partial charge in [-0.3, -0.25) is 4.79 Å². The number of esters is 2. The van der Waals surface area contributed by atoms with Crippen LogP contribution in [0.3, 0.4) is 0 Å². The van der Waals surface area contributed by atoms with Crippen molar-refractivity contribution in [2.24, 2.45) is 0 Å². The Morgan fingerprint density at radius 3 is 1.70 bits per heavy atom. The largest absolute Gasteiger partial charge is 0.508 e. The Morgan fingerprint density at radius 1 is 0.788 bits per heavy atom. The summed E-state index contributed by atoms with van der Waals surface area (Å²) >= 11 is 0. The van der Waals surface area contributed by atoms with E-state index in [-0.39, 0.29) is 18.6 Å². The number of unbranched alkanes of at least 4 members (excludes halogenated alkanes) is 14. The van der Waals surface area contributed by atoms with Crippen LogP contribution in [0.15, 0.2) is 24.3 Å². The van der Waals surface area contributed by atoms with Crippen LogP contribution in [0.25, 0.3) is 0 Å². The maximum absolute atomic E-state index is 12.1. The predicted molar refractivity (Wildman–Crippen MR) is 131 cm³/mol. The number of nitrogens with one attached hydrogen (secondary N) is 1. The SMILES string of the molecule is CCCCCCCCCCCCCCCCCC(=O)OC(=O)[C@H](Cc1ccc(O)cc1)NO. The van der Waals surface area contributed by atoms with Crippen LogP contribution >= 0.6 is 0 Å². The van der Waals surface area contributed by atoms with E-state index in [0.29, 0.717) is 6.42 Å². The minimum Gasteiger partial charge on any atom is -0.508 e. The Morgan fingerprint density at radius 2 is 1.24 bits per heavy atom. The van der Waals surface area contributed by atoms with E-state index in [1.165, 1.54) is 89.2 Å². The first kappa shape index (κ1) is 29.1. The van der Waals surface area contributed by atoms with Crippen LogP contribution < -0.4 is 5.48 Å². The van der Waals surface area contributed by atoms with Gasteiger partial charge in [-0.2, -0.15) is 5.48 Å². The van der Waals surface area contributed by atoms with E-state index in [4.69, 9.17) is 4.74 Å². The van der Waals surface area contributed by atoms with Gasteiger partial charge in [-0.05, 0) is 24.1 Å². The van der Waals surface area contributed by atoms with Crippen molar-refractivity contribution in [1.29, 1.82) is 0 Å². The molecule has 188 valence electrons. The van der Waals surface area contributed by atoms with E-state index in [2.05, 4.69) is 6.92 Å². The number of hydrogen-bond acceptors (Lipinski definition) is 6. The molecule has 0 amide bonds. The molecule has 0 aliphatic heterocycles. The number of phenols is 1. The van der Waals surface area contributed by atoms with Gasteiger partial charge in [-0.25, -0.2) is 4.79 Å². The second-order valence-electron chi connectivity index (χ2n) is 9.05. The lowest BCUT2D eigenvalue weighted by molar-refractivity contribution is -0.162. The number of ether oxygens (including phenoxy) is 1. The van der Waals surface area contributed by atoms with Gasteiger partial charge < -0.3 is 15.1 Å². The number of benzene rings is 1. The van der Waals surface area contributed by atoms with Crippen molar-refractivity contribution in [3.63, 3.8) is 0 Å². The van der Waals surface area contributed by atoms with Crippen LogP contribution in [0.1, 0.15) is 115 Å². The average molecular weight is 464 g/mol. The molecule has 0 aromatic heterocycles. The third-order valence-corrected chi connectivity index (χ3v) is 6.02. The van der Waals surface area contributed by atoms with E-state index in [1.54, 1.807) is 12.1 Å². The molecule has 1 aromatic rings. The molecule has 1 atom stereocenters. The lowest BCUT2D eigenvalue weighted by Gasteiger charge is -2.13. The molecule has 6 heteroatoms. The summed E-state index contributed by atoms with van der Waals surface area (Å²) in [5.74, 6) is -1.23. The molecule has 0 spiro atoms. The number of carbonyl (C=O) groups is 2. The Kier molecular flexibility index (Phi) is 17.2. The fraction of sp³-hybridized carbons (Fsp3) is 0.704. The van der Waals surface area contributed by atoms with Gasteiger partial charge in [0.05, 0.1) is 0 Å². The van der Waals surface area contributed by atoms with Crippen LogP contribution in [0.2, 0.25) is 0 Å². The van der Waals surface area contributed by atoms with Crippen LogP contribution in [-0.2, 0) is 20.7 Å². The van der Waals surface area contributed by atoms with E-state index in [9.17, 15) is 19.9 Å². The van der Waals surface area contributed by atoms with Gasteiger partial charge in [0.25, 0.3) is 0 Å². The topological polar surface area (TPSA) is 95.9 Å². The summed E-state index contributed by atoms with van der Waals surface area (Å²) in [6.07, 6.45) is 19.2. The van der Waals surface area contributed by atoms with Gasteiger partial charge in [0, 0.05) is 12.8 Å². The summed E-state index contributed by atoms with van der Waals surface area (Å²) in [4.78, 5) is 24.0. The van der Waals surface area contributed by atoms with Crippen molar-refractivity contribution >= 4 is 11.9 Å². The molecule has 0 bridgehead atoms. The molecule has 0 aliphatic rings. The summed E-state index contributed by atoms with van der Waals surface area (Å²) in [6.45, 7) is 2.26. The van der Waals surface area contributed by atoms with Gasteiger partial charge in [0.2, 0.25) is 0 Å². The molecule has 0 radical (unpaired) electrons. The molecule has 33 heavy (non-hydrogen) atoms. The van der Waals surface area contributed by atoms with Crippen LogP contribution in [0.4, 0.5) is 0 Å². The van der Waals surface area contributed by atoms with Crippen molar-refractivity contribution in [2.45, 2.75) is 122 Å². The second-order valence-corrected chi connectivity index (χ2v) is 9.05. The highest BCUT2D eigenvalue weighted by Gasteiger charge is 2.22. The highest BCUT2D eigenvalue weighted by atomic mass is 16.6. The molecule has 0 aliphatic carbocycles. The average Bonchev–Trinajstić information content (AvgIpc) is 2.81. The Bertz CT molecular complexity index is 632. The quantitative estimate of drug-likeness (QED) is 0.0871. The summed E-state index contributed by atoms with van der Waals surface area (Å²) < 4.78 is 4.87. The van der Waals surface area contributed by atoms with Crippen LogP contribution in [-0.4, -0.2) is 28.3 Å². The summed E-state index contributed by atoms with van der Waals surface area (Å²) in [6, 6.07) is 5.25. The standard InChI is InChI=1S/C27H45NO5/c1-2-3-4-5-6-7-8-9-10-11-12-13-14-15-16-17-26(30)33-27(31)25(28-32)22-23-18-20-24(29)21-19-23/h18-21,25,28-29,32H,2-17,22H2,1H3/t25-/m0/s1. The lowest BCUT2D eigenvalue weighted by atomic mass is 10.0. The Labute approximate surface area is 200 Å². The smallest absolute Gasteiger partial charge is 0.333 e. The van der Waals surface area contributed by atoms with E-state index in [0.717, 1.165) is 18.4 Å². The van der Waals surface area contributed by atoms with Gasteiger partial charge >= 0.3 is 11.9 Å². The van der Waals surface area contributed by atoms with E-state index < -0.39 is 18.0 Å². The van der Waals surface area contributed by atoms with Crippen molar-refractivity contribution in [3.8, 4) is 5.75 Å². The number of rotatable bonds is 20. The molecule has 3 N–H and O–H groups in total. The Balaban J connectivity index is 1.98. The molecule has 0 heterocycles. The lowest BCUT2D eigenvalue weighted by Crippen LogP contribution is -2.38. The fourth-order valence-corrected chi connectivity index (χ4v) is 3.92. The highest BCUT2D eigenvalue weighted by Crippen LogP contribution is 2.14. The first-order valence-electron chi connectivity index (χ1n) is 13.0. The summed E-state index contributed by atoms with van der Waals surface area (Å²) in [7, 11) is 0. The van der Waals surface area contributed by atoms with Crippen molar-refractivity contribution in [2.75, 3.05) is 0 Å². The van der Waals surface area contributed by atoms with Crippen molar-refractivity contribution < 1.29 is 24.6 Å². The second kappa shape index (κ2) is 19.5. The highest BCUT2D eigenvalue weighted by molar-refractivity contribution is 5.88. The summed E-state index contributed by atoms with van der Waals surface area (Å²) in [5.41, 5.74) is 2.63. The zero-order valence-electron chi connectivity index (χ0n) is 20.5. The predicted octanol–water partition coefficient (Wildman–Crippen LogP) is 6.61. The number of hydrogen-bond donors (Lipinski definition) is 3. The summed E-state index contributed by atoms with van der Waals surface area (Å²) in [5, 5.41) is 18.5. The minimum atomic E-state index is -1.03. The van der Waals surface area contributed by atoms with Crippen LogP contribution in [0, 0.1) is 0 Å². The monoisotopic (exact) mass is 463 g/mol. The molecule has 0 saturated heterocycles. The third-order valence-electron chi connectivity index (χ3n) is 6.02. The van der Waals surface area contributed by atoms with Gasteiger partial charge in [0.1, 0.15) is 11.8 Å². The molecule has 6 nitrogen and oxygen atoms in total. The Hall–Kier alpha value is -1.92. The molecule has 0 saturated carbocycles. The number of aromatic hydroxyl groups is 1. The maximum Gasteiger partial charge on any atom is 0.333 e.